The molecule has 0 bridgehead atoms. The van der Waals surface area contributed by atoms with Gasteiger partial charge < -0.3 is 10.1 Å². The Morgan fingerprint density at radius 2 is 1.86 bits per heavy atom. The first-order chi connectivity index (χ1) is 6.42. The Morgan fingerprint density at radius 1 is 1.21 bits per heavy atom. The van der Waals surface area contributed by atoms with Crippen molar-refractivity contribution in [3.05, 3.63) is 0 Å². The van der Waals surface area contributed by atoms with Gasteiger partial charge in [0.2, 0.25) is 0 Å². The van der Waals surface area contributed by atoms with Crippen molar-refractivity contribution < 1.29 is 4.74 Å². The van der Waals surface area contributed by atoms with Crippen LogP contribution in [0.25, 0.3) is 0 Å². The van der Waals surface area contributed by atoms with E-state index in [4.69, 9.17) is 4.74 Å². The molecule has 2 nitrogen and oxygen atoms in total. The van der Waals surface area contributed by atoms with E-state index in [0.29, 0.717) is 5.41 Å². The number of ether oxygens (including phenoxy) is 1. The highest BCUT2D eigenvalue weighted by Gasteiger charge is 2.09. The van der Waals surface area contributed by atoms with E-state index in [9.17, 15) is 0 Å². The molecular formula is C12H27NO. The van der Waals surface area contributed by atoms with Crippen molar-refractivity contribution in [1.29, 1.82) is 0 Å². The Morgan fingerprint density at radius 3 is 2.36 bits per heavy atom. The predicted molar refractivity (Wildman–Crippen MR) is 62.6 cm³/mol. The highest BCUT2D eigenvalue weighted by Crippen LogP contribution is 2.12. The van der Waals surface area contributed by atoms with Crippen molar-refractivity contribution in [2.24, 2.45) is 11.3 Å². The third kappa shape index (κ3) is 11.9. The van der Waals surface area contributed by atoms with Crippen molar-refractivity contribution in [2.45, 2.75) is 41.0 Å². The molecule has 0 heterocycles. The Balaban J connectivity index is 3.07. The summed E-state index contributed by atoms with van der Waals surface area (Å²) in [5.41, 5.74) is 0.297. The highest BCUT2D eigenvalue weighted by molar-refractivity contribution is 4.59. The summed E-state index contributed by atoms with van der Waals surface area (Å²) in [6.07, 6.45) is 1.11. The van der Waals surface area contributed by atoms with Gasteiger partial charge in [-0.15, -0.1) is 0 Å². The van der Waals surface area contributed by atoms with Gasteiger partial charge in [-0.05, 0) is 30.8 Å². The third-order valence-electron chi connectivity index (χ3n) is 1.73. The summed E-state index contributed by atoms with van der Waals surface area (Å²) >= 11 is 0. The first-order valence-electron chi connectivity index (χ1n) is 5.70. The molecule has 0 aliphatic carbocycles. The largest absolute Gasteiger partial charge is 0.381 e. The fourth-order valence-electron chi connectivity index (χ4n) is 1.07. The summed E-state index contributed by atoms with van der Waals surface area (Å²) in [5, 5.41) is 3.40. The summed E-state index contributed by atoms with van der Waals surface area (Å²) in [6.45, 7) is 15.0. The second kappa shape index (κ2) is 7.24. The van der Waals surface area contributed by atoms with Gasteiger partial charge >= 0.3 is 0 Å². The molecule has 0 radical (unpaired) electrons. The molecule has 0 aliphatic rings. The maximum absolute atomic E-state index is 5.57. The standard InChI is InChI=1S/C12H27NO/c1-11(2)9-13-7-6-8-14-10-12(3,4)5/h11,13H,6-10H2,1-5H3. The molecule has 2 heteroatoms. The van der Waals surface area contributed by atoms with Crippen LogP contribution in [0.15, 0.2) is 0 Å². The van der Waals surface area contributed by atoms with Crippen LogP contribution in [0.1, 0.15) is 41.0 Å². The molecule has 0 atom stereocenters. The molecule has 0 unspecified atom stereocenters. The summed E-state index contributed by atoms with van der Waals surface area (Å²) in [6, 6.07) is 0. The lowest BCUT2D eigenvalue weighted by atomic mass is 9.99. The quantitative estimate of drug-likeness (QED) is 0.639. The van der Waals surface area contributed by atoms with Gasteiger partial charge in [0.15, 0.2) is 0 Å². The lowest BCUT2D eigenvalue weighted by molar-refractivity contribution is 0.0697. The number of hydrogen-bond donors (Lipinski definition) is 1. The third-order valence-corrected chi connectivity index (χ3v) is 1.73. The molecule has 0 spiro atoms. The fraction of sp³-hybridized carbons (Fsp3) is 1.00. The fourth-order valence-corrected chi connectivity index (χ4v) is 1.07. The molecule has 86 valence electrons. The van der Waals surface area contributed by atoms with E-state index in [2.05, 4.69) is 39.9 Å². The molecule has 0 fully saturated rings. The van der Waals surface area contributed by atoms with Gasteiger partial charge in [-0.25, -0.2) is 0 Å². The lowest BCUT2D eigenvalue weighted by Crippen LogP contribution is -2.22. The van der Waals surface area contributed by atoms with Crippen LogP contribution in [0.5, 0.6) is 0 Å². The molecule has 0 aromatic rings. The minimum absolute atomic E-state index is 0.297. The van der Waals surface area contributed by atoms with Crippen molar-refractivity contribution in [3.8, 4) is 0 Å². The molecule has 0 amide bonds. The number of rotatable bonds is 7. The molecule has 1 N–H and O–H groups in total. The highest BCUT2D eigenvalue weighted by atomic mass is 16.5. The molecule has 0 saturated heterocycles. The zero-order valence-electron chi connectivity index (χ0n) is 10.5. The van der Waals surface area contributed by atoms with Crippen LogP contribution in [0.4, 0.5) is 0 Å². The van der Waals surface area contributed by atoms with Gasteiger partial charge in [-0.3, -0.25) is 0 Å². The van der Waals surface area contributed by atoms with Crippen LogP contribution >= 0.6 is 0 Å². The minimum Gasteiger partial charge on any atom is -0.381 e. The van der Waals surface area contributed by atoms with Crippen LogP contribution < -0.4 is 5.32 Å². The normalized spacial score (nSPS) is 12.4. The van der Waals surface area contributed by atoms with E-state index >= 15 is 0 Å². The first-order valence-corrected chi connectivity index (χ1v) is 5.70. The van der Waals surface area contributed by atoms with E-state index < -0.39 is 0 Å². The summed E-state index contributed by atoms with van der Waals surface area (Å²) in [4.78, 5) is 0. The Bertz CT molecular complexity index is 127. The Hall–Kier alpha value is -0.0800. The average Bonchev–Trinajstić information content (AvgIpc) is 2.00. The van der Waals surface area contributed by atoms with E-state index in [-0.39, 0.29) is 0 Å². The first kappa shape index (κ1) is 13.9. The van der Waals surface area contributed by atoms with E-state index in [1.807, 2.05) is 0 Å². The van der Waals surface area contributed by atoms with Gasteiger partial charge in [0.05, 0.1) is 6.61 Å². The predicted octanol–water partition coefficient (Wildman–Crippen LogP) is 2.68. The number of nitrogens with one attached hydrogen (secondary N) is 1. The average molecular weight is 201 g/mol. The topological polar surface area (TPSA) is 21.3 Å². The molecule has 0 saturated carbocycles. The maximum Gasteiger partial charge on any atom is 0.0514 e. The van der Waals surface area contributed by atoms with E-state index in [0.717, 1.165) is 38.6 Å². The molecule has 0 aromatic heterocycles. The van der Waals surface area contributed by atoms with Crippen molar-refractivity contribution in [2.75, 3.05) is 26.3 Å². The van der Waals surface area contributed by atoms with Crippen LogP contribution in [-0.2, 0) is 4.74 Å². The van der Waals surface area contributed by atoms with Gasteiger partial charge in [-0.2, -0.15) is 0 Å². The van der Waals surface area contributed by atoms with Crippen LogP contribution in [0.3, 0.4) is 0 Å². The smallest absolute Gasteiger partial charge is 0.0514 e. The summed E-state index contributed by atoms with van der Waals surface area (Å²) in [7, 11) is 0. The second-order valence-electron chi connectivity index (χ2n) is 5.56. The van der Waals surface area contributed by atoms with E-state index in [1.165, 1.54) is 0 Å². The lowest BCUT2D eigenvalue weighted by Gasteiger charge is -2.18. The maximum atomic E-state index is 5.57. The molecule has 0 aromatic carbocycles. The van der Waals surface area contributed by atoms with Gasteiger partial charge in [-0.1, -0.05) is 34.6 Å². The van der Waals surface area contributed by atoms with Crippen molar-refractivity contribution in [3.63, 3.8) is 0 Å². The molecule has 0 aliphatic heterocycles. The van der Waals surface area contributed by atoms with Gasteiger partial charge in [0, 0.05) is 6.61 Å². The van der Waals surface area contributed by atoms with Crippen molar-refractivity contribution >= 4 is 0 Å². The van der Waals surface area contributed by atoms with Gasteiger partial charge in [0.1, 0.15) is 0 Å². The molecule has 14 heavy (non-hydrogen) atoms. The van der Waals surface area contributed by atoms with Crippen LogP contribution in [0.2, 0.25) is 0 Å². The minimum atomic E-state index is 0.297. The molecular weight excluding hydrogens is 174 g/mol. The second-order valence-corrected chi connectivity index (χ2v) is 5.56. The zero-order valence-corrected chi connectivity index (χ0v) is 10.5. The Kier molecular flexibility index (Phi) is 7.20. The van der Waals surface area contributed by atoms with E-state index in [1.54, 1.807) is 0 Å². The van der Waals surface area contributed by atoms with Gasteiger partial charge in [0.25, 0.3) is 0 Å². The Labute approximate surface area is 89.4 Å². The monoisotopic (exact) mass is 201 g/mol. The van der Waals surface area contributed by atoms with Crippen molar-refractivity contribution in [1.82, 2.24) is 5.32 Å². The SMILES string of the molecule is CC(C)CNCCCOCC(C)(C)C. The number of hydrogen-bond acceptors (Lipinski definition) is 2. The summed E-state index contributed by atoms with van der Waals surface area (Å²) in [5.74, 6) is 0.741. The van der Waals surface area contributed by atoms with Crippen LogP contribution in [0, 0.1) is 11.3 Å². The zero-order chi connectivity index (χ0) is 11.0. The molecule has 0 rings (SSSR count). The summed E-state index contributed by atoms with van der Waals surface area (Å²) < 4.78 is 5.57. The van der Waals surface area contributed by atoms with Crippen LogP contribution in [-0.4, -0.2) is 26.3 Å².